The van der Waals surface area contributed by atoms with Crippen LogP contribution in [0.25, 0.3) is 0 Å². The Bertz CT molecular complexity index is 2120. The highest BCUT2D eigenvalue weighted by molar-refractivity contribution is 5.98. The monoisotopic (exact) mass is 947 g/mol. The van der Waals surface area contributed by atoms with Gasteiger partial charge in [0, 0.05) is 39.3 Å². The van der Waals surface area contributed by atoms with Gasteiger partial charge in [-0.2, -0.15) is 0 Å². The third-order valence-corrected chi connectivity index (χ3v) is 12.0. The van der Waals surface area contributed by atoms with Crippen molar-refractivity contribution in [3.05, 3.63) is 65.7 Å². The van der Waals surface area contributed by atoms with E-state index in [0.29, 0.717) is 17.5 Å². The summed E-state index contributed by atoms with van der Waals surface area (Å²) < 4.78 is 5.91. The van der Waals surface area contributed by atoms with Crippen molar-refractivity contribution in [3.63, 3.8) is 0 Å². The van der Waals surface area contributed by atoms with Crippen LogP contribution in [-0.4, -0.2) is 130 Å². The highest BCUT2D eigenvalue weighted by Gasteiger charge is 2.43. The van der Waals surface area contributed by atoms with Crippen LogP contribution in [0, 0.1) is 17.8 Å². The maximum Gasteiger partial charge on any atom is 0.329 e. The van der Waals surface area contributed by atoms with Crippen LogP contribution >= 0.6 is 0 Å². The lowest BCUT2D eigenvalue weighted by Crippen LogP contribution is -2.61. The smallest absolute Gasteiger partial charge is 0.329 e. The number of cyclic esters (lactones) is 1. The van der Waals surface area contributed by atoms with Gasteiger partial charge in [-0.3, -0.25) is 38.4 Å². The molecule has 0 saturated carbocycles. The molecule has 2 saturated heterocycles. The topological polar surface area (TPSA) is 276 Å². The fourth-order valence-electron chi connectivity index (χ4n) is 8.34. The highest BCUT2D eigenvalue weighted by atomic mass is 16.5. The molecule has 0 spiro atoms. The average Bonchev–Trinajstić information content (AvgIpc) is 3.77. The van der Waals surface area contributed by atoms with Crippen LogP contribution < -0.4 is 32.3 Å². The molecule has 8 amide bonds. The Morgan fingerprint density at radius 2 is 1.44 bits per heavy atom. The maximum absolute atomic E-state index is 14.8. The number of ether oxygens (including phenoxy) is 1. The van der Waals surface area contributed by atoms with Crippen LogP contribution in [0.1, 0.15) is 98.1 Å². The third kappa shape index (κ3) is 15.5. The molecule has 2 aromatic rings. The van der Waals surface area contributed by atoms with Gasteiger partial charge in [-0.05, 0) is 73.6 Å². The Morgan fingerprint density at radius 1 is 0.809 bits per heavy atom. The van der Waals surface area contributed by atoms with E-state index in [1.165, 1.54) is 35.9 Å². The van der Waals surface area contributed by atoms with Crippen LogP contribution in [0.3, 0.4) is 0 Å². The van der Waals surface area contributed by atoms with Gasteiger partial charge in [0.15, 0.2) is 0 Å². The zero-order valence-electron chi connectivity index (χ0n) is 40.4. The summed E-state index contributed by atoms with van der Waals surface area (Å²) in [7, 11) is 1.42. The van der Waals surface area contributed by atoms with Crippen molar-refractivity contribution in [3.8, 4) is 5.75 Å². The largest absolute Gasteiger partial charge is 0.508 e. The first kappa shape index (κ1) is 54.1. The molecule has 8 N–H and O–H groups in total. The van der Waals surface area contributed by atoms with E-state index in [1.807, 2.05) is 13.8 Å². The number of benzene rings is 2. The van der Waals surface area contributed by atoms with Gasteiger partial charge >= 0.3 is 5.97 Å². The molecule has 0 radical (unpaired) electrons. The lowest BCUT2D eigenvalue weighted by atomic mass is 9.99. The average molecular weight is 947 g/mol. The van der Waals surface area contributed by atoms with Crippen LogP contribution in [0.5, 0.6) is 5.75 Å². The van der Waals surface area contributed by atoms with E-state index in [9.17, 15) is 48.3 Å². The number of carbonyl (C=O) groups is 9. The fourth-order valence-corrected chi connectivity index (χ4v) is 8.34. The molecule has 8 atom stereocenters. The molecule has 2 aromatic carbocycles. The first-order valence-corrected chi connectivity index (χ1v) is 23.4. The van der Waals surface area contributed by atoms with Gasteiger partial charge in [-0.15, -0.1) is 0 Å². The minimum absolute atomic E-state index is 0.0206. The number of nitrogens with one attached hydrogen (secondary N) is 5. The van der Waals surface area contributed by atoms with E-state index >= 15 is 0 Å². The summed E-state index contributed by atoms with van der Waals surface area (Å²) in [6.45, 7) is 12.0. The minimum Gasteiger partial charge on any atom is -0.508 e. The molecule has 4 rings (SSSR count). The van der Waals surface area contributed by atoms with E-state index < -0.39 is 108 Å². The van der Waals surface area contributed by atoms with Crippen molar-refractivity contribution in [2.75, 3.05) is 13.6 Å². The quantitative estimate of drug-likeness (QED) is 0.125. The highest BCUT2D eigenvalue weighted by Crippen LogP contribution is 2.23. The van der Waals surface area contributed by atoms with E-state index in [-0.39, 0.29) is 69.1 Å². The Balaban J connectivity index is 1.85. The van der Waals surface area contributed by atoms with Crippen molar-refractivity contribution in [1.82, 2.24) is 36.4 Å². The number of phenols is 1. The molecule has 2 fully saturated rings. The summed E-state index contributed by atoms with van der Waals surface area (Å²) in [5, 5.41) is 23.6. The minimum atomic E-state index is -1.71. The summed E-state index contributed by atoms with van der Waals surface area (Å²) in [5.41, 5.74) is 6.66. The van der Waals surface area contributed by atoms with Gasteiger partial charge in [0.25, 0.3) is 0 Å². The summed E-state index contributed by atoms with van der Waals surface area (Å²) in [6, 6.07) is 5.73. The van der Waals surface area contributed by atoms with Crippen molar-refractivity contribution < 1.29 is 53.0 Å². The molecule has 2 aliphatic heterocycles. The van der Waals surface area contributed by atoms with Crippen LogP contribution in [0.4, 0.5) is 0 Å². The second-order valence-electron chi connectivity index (χ2n) is 19.0. The summed E-state index contributed by atoms with van der Waals surface area (Å²) in [5.74, 6) is -7.62. The second kappa shape index (κ2) is 25.0. The van der Waals surface area contributed by atoms with Gasteiger partial charge in [0.05, 0.1) is 0 Å². The zero-order valence-corrected chi connectivity index (χ0v) is 40.4. The molecule has 0 aliphatic carbocycles. The number of aromatic hydroxyl groups is 1. The zero-order chi connectivity index (χ0) is 50.4. The number of phenolic OH excluding ortho intramolecular Hbond substituents is 1. The molecule has 372 valence electrons. The summed E-state index contributed by atoms with van der Waals surface area (Å²) >= 11 is 0. The van der Waals surface area contributed by atoms with Crippen molar-refractivity contribution in [2.24, 2.45) is 23.5 Å². The number of nitrogens with zero attached hydrogens (tertiary/aromatic N) is 2. The summed E-state index contributed by atoms with van der Waals surface area (Å²) in [4.78, 5) is 129. The Hall–Kier alpha value is -6.53. The van der Waals surface area contributed by atoms with E-state index in [2.05, 4.69) is 26.6 Å². The first-order chi connectivity index (χ1) is 32.1. The number of likely N-dealkylation sites (N-methyl/N-ethyl adjacent to an activating group) is 1. The Kier molecular flexibility index (Phi) is 19.9. The Labute approximate surface area is 398 Å². The number of hydrogen-bond donors (Lipinski definition) is 7. The molecule has 0 bridgehead atoms. The molecule has 1 unspecified atom stereocenters. The predicted molar refractivity (Wildman–Crippen MR) is 251 cm³/mol. The number of esters is 1. The third-order valence-electron chi connectivity index (χ3n) is 12.0. The van der Waals surface area contributed by atoms with Gasteiger partial charge in [0.2, 0.25) is 47.3 Å². The van der Waals surface area contributed by atoms with Gasteiger partial charge in [-0.1, -0.05) is 84.0 Å². The number of amides is 8. The number of fused-ring (bicyclic) bond motifs is 1. The maximum atomic E-state index is 14.8. The molecule has 2 aliphatic rings. The van der Waals surface area contributed by atoms with E-state index in [1.54, 1.807) is 70.2 Å². The molecule has 19 heteroatoms. The predicted octanol–water partition coefficient (Wildman–Crippen LogP) is 1.38. The molecular weight excluding hydrogens is 877 g/mol. The number of rotatable bonds is 15. The molecular formula is C49H70N8O11. The van der Waals surface area contributed by atoms with Crippen molar-refractivity contribution in [1.29, 1.82) is 0 Å². The second-order valence-corrected chi connectivity index (χ2v) is 19.0. The van der Waals surface area contributed by atoms with Crippen molar-refractivity contribution in [2.45, 2.75) is 148 Å². The SMILES string of the molecule is CC(C)CC(=O)N[C@@H](CCC(N)=O)C(=O)N[C@@H]1C(=O)N[C@@H](CC(C)C)C(=O)N2CCCC2C(=O)N[C@@H](Cc2ccccc2)C(=O)N(C)[C@@H](Cc2ccc(O)cc2)C(=O)N[C@@H](C(C)C)C(=O)O[C@@H]1C. The Morgan fingerprint density at radius 3 is 2.04 bits per heavy atom. The normalized spacial score (nSPS) is 24.0. The van der Waals surface area contributed by atoms with Gasteiger partial charge < -0.3 is 52.0 Å². The van der Waals surface area contributed by atoms with Crippen LogP contribution in [0.2, 0.25) is 0 Å². The molecule has 0 aromatic heterocycles. The number of carbonyl (C=O) groups excluding carboxylic acids is 9. The lowest BCUT2D eigenvalue weighted by Gasteiger charge is -2.33. The van der Waals surface area contributed by atoms with Crippen molar-refractivity contribution >= 4 is 53.2 Å². The summed E-state index contributed by atoms with van der Waals surface area (Å²) in [6.07, 6.45) is -1.26. The van der Waals surface area contributed by atoms with Crippen LogP contribution in [0.15, 0.2) is 54.6 Å². The molecule has 19 nitrogen and oxygen atoms in total. The number of nitrogens with two attached hydrogens (primary N) is 1. The standard InChI is InChI=1S/C49H70N8O11/c1-27(2)23-35-48(66)57-22-12-15-37(57)44(62)52-36(25-31-13-10-9-11-14-31)47(65)56(8)38(26-32-16-18-33(58)19-17-32)45(63)54-41(29(5)6)49(67)68-30(7)42(46(64)53-35)55-43(61)34(20-21-39(50)59)51-40(60)24-28(3)4/h9-11,13-14,16-19,27-30,34-38,41-42,58H,12,15,20-26H2,1-8H3,(H2,50,59)(H,51,60)(H,52,62)(H,53,64)(H,54,63)(H,55,61)/t30-,34+,35+,36+,37?,38+,41+,42+/m1/s1. The van der Waals surface area contributed by atoms with Gasteiger partial charge in [-0.25, -0.2) is 4.79 Å². The van der Waals surface area contributed by atoms with E-state index in [4.69, 9.17) is 10.5 Å². The first-order valence-electron chi connectivity index (χ1n) is 23.4. The van der Waals surface area contributed by atoms with E-state index in [0.717, 1.165) is 0 Å². The van der Waals surface area contributed by atoms with Crippen LogP contribution in [-0.2, 0) is 60.7 Å². The lowest BCUT2D eigenvalue weighted by molar-refractivity contribution is -0.158. The number of primary amides is 1. The fraction of sp³-hybridized carbons (Fsp3) is 0.571. The molecule has 2 heterocycles. The molecule has 68 heavy (non-hydrogen) atoms. The number of hydrogen-bond acceptors (Lipinski definition) is 11. The van der Waals surface area contributed by atoms with Gasteiger partial charge in [0.1, 0.15) is 54.1 Å².